The molecule has 0 saturated carbocycles. The first-order valence-electron chi connectivity index (χ1n) is 8.13. The van der Waals surface area contributed by atoms with Crippen molar-refractivity contribution in [2.45, 2.75) is 71.4 Å². The van der Waals surface area contributed by atoms with Gasteiger partial charge in [0, 0.05) is 6.04 Å². The second kappa shape index (κ2) is 7.99. The molecule has 0 aliphatic carbocycles. The molecule has 4 nitrogen and oxygen atoms in total. The molecule has 0 aromatic heterocycles. The van der Waals surface area contributed by atoms with Crippen molar-refractivity contribution < 1.29 is 4.79 Å². The number of amides is 1. The molecule has 20 heavy (non-hydrogen) atoms. The molecule has 1 fully saturated rings. The van der Waals surface area contributed by atoms with Gasteiger partial charge in [-0.25, -0.2) is 0 Å². The minimum absolute atomic E-state index is 0.240. The molecule has 1 saturated heterocycles. The first-order chi connectivity index (χ1) is 9.33. The van der Waals surface area contributed by atoms with Gasteiger partial charge in [-0.05, 0) is 78.4 Å². The number of carbonyl (C=O) groups excluding carboxylic acids is 1. The number of primary amides is 1. The Morgan fingerprint density at radius 2 is 2.10 bits per heavy atom. The molecule has 1 rings (SSSR count). The Kier molecular flexibility index (Phi) is 6.96. The molecule has 0 aromatic carbocycles. The van der Waals surface area contributed by atoms with Crippen LogP contribution in [0.3, 0.4) is 0 Å². The normalized spacial score (nSPS) is 24.4. The summed E-state index contributed by atoms with van der Waals surface area (Å²) >= 11 is 0. The van der Waals surface area contributed by atoms with Gasteiger partial charge in [0.2, 0.25) is 5.91 Å². The molecule has 0 aromatic rings. The van der Waals surface area contributed by atoms with Gasteiger partial charge in [-0.1, -0.05) is 6.92 Å². The Morgan fingerprint density at radius 1 is 1.40 bits per heavy atom. The standard InChI is InChI=1S/C16H33N3O/c1-13(2)18-16(4,15(17)20)9-6-11-19-10-5-7-14(3)8-12-19/h13-14,18H,5-12H2,1-4H3,(H2,17,20). The number of hydrogen-bond donors (Lipinski definition) is 2. The Balaban J connectivity index is 2.38. The number of nitrogens with two attached hydrogens (primary N) is 1. The van der Waals surface area contributed by atoms with E-state index in [0.29, 0.717) is 0 Å². The quantitative estimate of drug-likeness (QED) is 0.752. The first kappa shape index (κ1) is 17.4. The summed E-state index contributed by atoms with van der Waals surface area (Å²) in [6.07, 6.45) is 5.79. The minimum Gasteiger partial charge on any atom is -0.368 e. The summed E-state index contributed by atoms with van der Waals surface area (Å²) in [6.45, 7) is 11.9. The van der Waals surface area contributed by atoms with Crippen LogP contribution in [0.25, 0.3) is 0 Å². The van der Waals surface area contributed by atoms with Gasteiger partial charge in [-0.3, -0.25) is 4.79 Å². The lowest BCUT2D eigenvalue weighted by atomic mass is 9.93. The first-order valence-corrected chi connectivity index (χ1v) is 8.13. The van der Waals surface area contributed by atoms with Crippen molar-refractivity contribution in [1.29, 1.82) is 0 Å². The van der Waals surface area contributed by atoms with Crippen molar-refractivity contribution in [3.05, 3.63) is 0 Å². The maximum atomic E-state index is 11.7. The van der Waals surface area contributed by atoms with E-state index >= 15 is 0 Å². The number of hydrogen-bond acceptors (Lipinski definition) is 3. The van der Waals surface area contributed by atoms with Crippen LogP contribution in [0.1, 0.15) is 59.8 Å². The fourth-order valence-electron chi connectivity index (χ4n) is 3.11. The highest BCUT2D eigenvalue weighted by Gasteiger charge is 2.31. The predicted octanol–water partition coefficient (Wildman–Crippen LogP) is 2.13. The summed E-state index contributed by atoms with van der Waals surface area (Å²) in [6, 6.07) is 0.270. The number of nitrogens with one attached hydrogen (secondary N) is 1. The molecule has 0 spiro atoms. The van der Waals surface area contributed by atoms with Crippen LogP contribution >= 0.6 is 0 Å². The number of likely N-dealkylation sites (tertiary alicyclic amines) is 1. The largest absolute Gasteiger partial charge is 0.368 e. The molecule has 1 aliphatic heterocycles. The number of rotatable bonds is 7. The Hall–Kier alpha value is -0.610. The van der Waals surface area contributed by atoms with E-state index in [0.717, 1.165) is 25.3 Å². The van der Waals surface area contributed by atoms with E-state index in [1.54, 1.807) is 0 Å². The van der Waals surface area contributed by atoms with Gasteiger partial charge in [0.05, 0.1) is 5.54 Å². The molecule has 1 amide bonds. The predicted molar refractivity (Wildman–Crippen MR) is 84.6 cm³/mol. The van der Waals surface area contributed by atoms with E-state index in [-0.39, 0.29) is 11.9 Å². The average Bonchev–Trinajstić information content (AvgIpc) is 2.53. The third-order valence-corrected chi connectivity index (χ3v) is 4.41. The minimum atomic E-state index is -0.576. The third-order valence-electron chi connectivity index (χ3n) is 4.41. The van der Waals surface area contributed by atoms with Crippen LogP contribution < -0.4 is 11.1 Å². The van der Waals surface area contributed by atoms with Crippen LogP contribution in [0.5, 0.6) is 0 Å². The molecule has 1 heterocycles. The molecule has 4 heteroatoms. The lowest BCUT2D eigenvalue weighted by Crippen LogP contribution is -2.55. The second-order valence-electron chi connectivity index (χ2n) is 6.98. The van der Waals surface area contributed by atoms with Gasteiger partial charge in [-0.15, -0.1) is 0 Å². The highest BCUT2D eigenvalue weighted by molar-refractivity contribution is 5.84. The summed E-state index contributed by atoms with van der Waals surface area (Å²) in [4.78, 5) is 14.2. The third kappa shape index (κ3) is 5.80. The van der Waals surface area contributed by atoms with E-state index in [1.165, 1.54) is 32.4 Å². The molecular weight excluding hydrogens is 250 g/mol. The molecular formula is C16H33N3O. The Bertz CT molecular complexity index is 306. The van der Waals surface area contributed by atoms with Crippen molar-refractivity contribution in [2.75, 3.05) is 19.6 Å². The van der Waals surface area contributed by atoms with Crippen molar-refractivity contribution in [2.24, 2.45) is 11.7 Å². The van der Waals surface area contributed by atoms with Crippen LogP contribution in [0.15, 0.2) is 0 Å². The summed E-state index contributed by atoms with van der Waals surface area (Å²) in [5.41, 5.74) is 4.99. The van der Waals surface area contributed by atoms with Crippen molar-refractivity contribution >= 4 is 5.91 Å². The molecule has 3 N–H and O–H groups in total. The zero-order valence-electron chi connectivity index (χ0n) is 13.7. The Morgan fingerprint density at radius 3 is 2.70 bits per heavy atom. The zero-order valence-corrected chi connectivity index (χ0v) is 13.7. The van der Waals surface area contributed by atoms with E-state index in [4.69, 9.17) is 5.73 Å². The van der Waals surface area contributed by atoms with Gasteiger partial charge >= 0.3 is 0 Å². The molecule has 2 unspecified atom stereocenters. The summed E-state index contributed by atoms with van der Waals surface area (Å²) in [5, 5.41) is 3.32. The Labute approximate surface area is 124 Å². The van der Waals surface area contributed by atoms with Crippen LogP contribution in [0.2, 0.25) is 0 Å². The van der Waals surface area contributed by atoms with Gasteiger partial charge in [0.15, 0.2) is 0 Å². The zero-order chi connectivity index (χ0) is 15.2. The van der Waals surface area contributed by atoms with Crippen molar-refractivity contribution in [1.82, 2.24) is 10.2 Å². The number of carbonyl (C=O) groups is 1. The van der Waals surface area contributed by atoms with Gasteiger partial charge in [0.1, 0.15) is 0 Å². The monoisotopic (exact) mass is 283 g/mol. The fourth-order valence-corrected chi connectivity index (χ4v) is 3.11. The van der Waals surface area contributed by atoms with E-state index in [1.807, 2.05) is 6.92 Å². The summed E-state index contributed by atoms with van der Waals surface area (Å²) in [5.74, 6) is 0.620. The highest BCUT2D eigenvalue weighted by Crippen LogP contribution is 2.18. The van der Waals surface area contributed by atoms with E-state index in [9.17, 15) is 4.79 Å². The van der Waals surface area contributed by atoms with Gasteiger partial charge in [-0.2, -0.15) is 0 Å². The van der Waals surface area contributed by atoms with Gasteiger partial charge in [0.25, 0.3) is 0 Å². The van der Waals surface area contributed by atoms with Crippen LogP contribution in [-0.2, 0) is 4.79 Å². The van der Waals surface area contributed by atoms with Crippen LogP contribution in [0, 0.1) is 5.92 Å². The molecule has 0 bridgehead atoms. The van der Waals surface area contributed by atoms with Crippen LogP contribution in [0.4, 0.5) is 0 Å². The van der Waals surface area contributed by atoms with E-state index < -0.39 is 5.54 Å². The summed E-state index contributed by atoms with van der Waals surface area (Å²) < 4.78 is 0. The number of nitrogens with zero attached hydrogens (tertiary/aromatic N) is 1. The van der Waals surface area contributed by atoms with Crippen molar-refractivity contribution in [3.8, 4) is 0 Å². The lowest BCUT2D eigenvalue weighted by molar-refractivity contribution is -0.124. The van der Waals surface area contributed by atoms with Crippen LogP contribution in [-0.4, -0.2) is 42.0 Å². The topological polar surface area (TPSA) is 58.4 Å². The summed E-state index contributed by atoms with van der Waals surface area (Å²) in [7, 11) is 0. The fraction of sp³-hybridized carbons (Fsp3) is 0.938. The lowest BCUT2D eigenvalue weighted by Gasteiger charge is -2.31. The molecule has 118 valence electrons. The highest BCUT2D eigenvalue weighted by atomic mass is 16.1. The SMILES string of the molecule is CC1CCCN(CCCC(C)(NC(C)C)C(N)=O)CC1. The smallest absolute Gasteiger partial charge is 0.237 e. The molecule has 1 aliphatic rings. The maximum absolute atomic E-state index is 11.7. The molecule has 0 radical (unpaired) electrons. The van der Waals surface area contributed by atoms with Gasteiger partial charge < -0.3 is 16.0 Å². The average molecular weight is 283 g/mol. The van der Waals surface area contributed by atoms with Crippen molar-refractivity contribution in [3.63, 3.8) is 0 Å². The maximum Gasteiger partial charge on any atom is 0.237 e. The van der Waals surface area contributed by atoms with E-state index in [2.05, 4.69) is 31.0 Å². The second-order valence-corrected chi connectivity index (χ2v) is 6.98. The molecule has 2 atom stereocenters.